The topological polar surface area (TPSA) is 83.8 Å². The molecule has 11 heavy (non-hydrogen) atoms. The second kappa shape index (κ2) is 3.72. The zero-order chi connectivity index (χ0) is 8.10. The van der Waals surface area contributed by atoms with E-state index in [2.05, 4.69) is 15.5 Å². The Morgan fingerprint density at radius 2 is 2.64 bits per heavy atom. The van der Waals surface area contributed by atoms with Gasteiger partial charge in [-0.05, 0) is 0 Å². The third kappa shape index (κ3) is 2.38. The molecule has 0 aliphatic carbocycles. The first-order valence-electron chi connectivity index (χ1n) is 3.27. The number of H-pyrrole nitrogens is 1. The van der Waals surface area contributed by atoms with Crippen LogP contribution in [0.25, 0.3) is 0 Å². The molecule has 0 aliphatic heterocycles. The molecular formula is C6H10N4O. The first-order valence-corrected chi connectivity index (χ1v) is 3.27. The first-order chi connectivity index (χ1) is 5.33. The van der Waals surface area contributed by atoms with Gasteiger partial charge in [0.2, 0.25) is 5.91 Å². The molecule has 4 N–H and O–H groups in total. The van der Waals surface area contributed by atoms with Crippen LogP contribution in [0.1, 0.15) is 5.56 Å². The molecular weight excluding hydrogens is 144 g/mol. The normalized spacial score (nSPS) is 9.55. The van der Waals surface area contributed by atoms with Gasteiger partial charge in [-0.25, -0.2) is 0 Å². The van der Waals surface area contributed by atoms with E-state index in [1.165, 1.54) is 0 Å². The molecule has 0 saturated heterocycles. The Hall–Kier alpha value is -1.36. The zero-order valence-corrected chi connectivity index (χ0v) is 6.00. The van der Waals surface area contributed by atoms with Crippen LogP contribution in [0, 0.1) is 0 Å². The molecule has 5 heteroatoms. The molecule has 0 aromatic carbocycles. The number of hydrogen-bond acceptors (Lipinski definition) is 3. The zero-order valence-electron chi connectivity index (χ0n) is 6.00. The summed E-state index contributed by atoms with van der Waals surface area (Å²) in [5.41, 5.74) is 6.01. The highest BCUT2D eigenvalue weighted by atomic mass is 16.1. The van der Waals surface area contributed by atoms with E-state index in [9.17, 15) is 4.79 Å². The lowest BCUT2D eigenvalue weighted by Crippen LogP contribution is -2.29. The summed E-state index contributed by atoms with van der Waals surface area (Å²) in [5.74, 6) is -0.161. The summed E-state index contributed by atoms with van der Waals surface area (Å²) in [7, 11) is 0. The Balaban J connectivity index is 2.29. The number of nitrogens with two attached hydrogens (primary N) is 1. The van der Waals surface area contributed by atoms with Gasteiger partial charge in [0.05, 0.1) is 12.7 Å². The van der Waals surface area contributed by atoms with Gasteiger partial charge in [-0.1, -0.05) is 0 Å². The standard InChI is InChI=1S/C6H10N4O/c7-1-6(11)8-2-5-3-9-10-4-5/h3-4H,1-2,7H2,(H,8,11)(H,9,10). The SMILES string of the molecule is NCC(=O)NCc1cn[nH]c1. The Bertz CT molecular complexity index is 218. The molecule has 1 aromatic rings. The predicted octanol–water partition coefficient (Wildman–Crippen LogP) is -1.02. The Kier molecular flexibility index (Phi) is 2.62. The van der Waals surface area contributed by atoms with Crippen LogP contribution in [0.5, 0.6) is 0 Å². The third-order valence-corrected chi connectivity index (χ3v) is 1.23. The van der Waals surface area contributed by atoms with Gasteiger partial charge in [-0.15, -0.1) is 0 Å². The van der Waals surface area contributed by atoms with E-state index in [-0.39, 0.29) is 12.5 Å². The van der Waals surface area contributed by atoms with Gasteiger partial charge in [0.15, 0.2) is 0 Å². The molecule has 1 amide bonds. The van der Waals surface area contributed by atoms with E-state index in [0.29, 0.717) is 6.54 Å². The number of rotatable bonds is 3. The summed E-state index contributed by atoms with van der Waals surface area (Å²) < 4.78 is 0. The molecule has 1 heterocycles. The fourth-order valence-electron chi connectivity index (χ4n) is 0.647. The van der Waals surface area contributed by atoms with Crippen LogP contribution in [0.2, 0.25) is 0 Å². The van der Waals surface area contributed by atoms with Crippen LogP contribution >= 0.6 is 0 Å². The highest BCUT2D eigenvalue weighted by Crippen LogP contribution is 1.90. The molecule has 1 aromatic heterocycles. The second-order valence-corrected chi connectivity index (χ2v) is 2.09. The van der Waals surface area contributed by atoms with E-state index in [4.69, 9.17) is 5.73 Å². The lowest BCUT2D eigenvalue weighted by molar-refractivity contribution is -0.119. The predicted molar refractivity (Wildman–Crippen MR) is 39.5 cm³/mol. The van der Waals surface area contributed by atoms with Crippen molar-refractivity contribution in [2.45, 2.75) is 6.54 Å². The van der Waals surface area contributed by atoms with Crippen molar-refractivity contribution < 1.29 is 4.79 Å². The summed E-state index contributed by atoms with van der Waals surface area (Å²) in [4.78, 5) is 10.6. The van der Waals surface area contributed by atoms with Gasteiger partial charge in [0.25, 0.3) is 0 Å². The highest BCUT2D eigenvalue weighted by molar-refractivity contribution is 5.77. The van der Waals surface area contributed by atoms with Gasteiger partial charge >= 0.3 is 0 Å². The summed E-state index contributed by atoms with van der Waals surface area (Å²) in [6.07, 6.45) is 3.37. The molecule has 0 saturated carbocycles. The van der Waals surface area contributed by atoms with E-state index in [0.717, 1.165) is 5.56 Å². The smallest absolute Gasteiger partial charge is 0.234 e. The maximum Gasteiger partial charge on any atom is 0.234 e. The van der Waals surface area contributed by atoms with Crippen molar-refractivity contribution in [2.75, 3.05) is 6.54 Å². The van der Waals surface area contributed by atoms with Crippen LogP contribution in [0.4, 0.5) is 0 Å². The number of aromatic amines is 1. The van der Waals surface area contributed by atoms with Crippen LogP contribution in [0.3, 0.4) is 0 Å². The summed E-state index contributed by atoms with van der Waals surface area (Å²) in [5, 5.41) is 8.97. The summed E-state index contributed by atoms with van der Waals surface area (Å²) in [6.45, 7) is 0.504. The fraction of sp³-hybridized carbons (Fsp3) is 0.333. The molecule has 0 bridgehead atoms. The summed E-state index contributed by atoms with van der Waals surface area (Å²) >= 11 is 0. The maximum absolute atomic E-state index is 10.6. The van der Waals surface area contributed by atoms with Gasteiger partial charge in [-0.3, -0.25) is 9.89 Å². The minimum atomic E-state index is -0.161. The van der Waals surface area contributed by atoms with Crippen molar-refractivity contribution in [1.82, 2.24) is 15.5 Å². The minimum absolute atomic E-state index is 0.0256. The molecule has 0 aliphatic rings. The molecule has 0 fully saturated rings. The molecule has 0 atom stereocenters. The molecule has 0 spiro atoms. The van der Waals surface area contributed by atoms with Crippen molar-refractivity contribution in [3.63, 3.8) is 0 Å². The van der Waals surface area contributed by atoms with Crippen molar-refractivity contribution in [3.8, 4) is 0 Å². The van der Waals surface area contributed by atoms with Crippen molar-refractivity contribution >= 4 is 5.91 Å². The van der Waals surface area contributed by atoms with E-state index >= 15 is 0 Å². The lowest BCUT2D eigenvalue weighted by atomic mass is 10.3. The Labute approximate surface area is 64.0 Å². The average Bonchev–Trinajstić information content (AvgIpc) is 2.52. The Morgan fingerprint density at radius 3 is 3.18 bits per heavy atom. The van der Waals surface area contributed by atoms with Crippen LogP contribution < -0.4 is 11.1 Å². The van der Waals surface area contributed by atoms with Gasteiger partial charge in [0.1, 0.15) is 0 Å². The molecule has 0 unspecified atom stereocenters. The van der Waals surface area contributed by atoms with E-state index in [1.807, 2.05) is 0 Å². The number of hydrogen-bond donors (Lipinski definition) is 3. The highest BCUT2D eigenvalue weighted by Gasteiger charge is 1.96. The second-order valence-electron chi connectivity index (χ2n) is 2.09. The first kappa shape index (κ1) is 7.74. The van der Waals surface area contributed by atoms with Gasteiger partial charge in [0, 0.05) is 18.3 Å². The minimum Gasteiger partial charge on any atom is -0.351 e. The van der Waals surface area contributed by atoms with Gasteiger partial charge < -0.3 is 11.1 Å². The average molecular weight is 154 g/mol. The van der Waals surface area contributed by atoms with E-state index in [1.54, 1.807) is 12.4 Å². The van der Waals surface area contributed by atoms with Gasteiger partial charge in [-0.2, -0.15) is 5.10 Å². The quantitative estimate of drug-likeness (QED) is 0.521. The van der Waals surface area contributed by atoms with E-state index < -0.39 is 0 Å². The number of carbonyl (C=O) groups is 1. The third-order valence-electron chi connectivity index (χ3n) is 1.23. The monoisotopic (exact) mass is 154 g/mol. The summed E-state index contributed by atoms with van der Waals surface area (Å²) in [6, 6.07) is 0. The maximum atomic E-state index is 10.6. The lowest BCUT2D eigenvalue weighted by Gasteiger charge is -1.98. The number of carbonyl (C=O) groups excluding carboxylic acids is 1. The molecule has 60 valence electrons. The number of aromatic nitrogens is 2. The molecule has 1 rings (SSSR count). The van der Waals surface area contributed by atoms with Crippen molar-refractivity contribution in [2.24, 2.45) is 5.73 Å². The van der Waals surface area contributed by atoms with Crippen molar-refractivity contribution in [3.05, 3.63) is 18.0 Å². The molecule has 0 radical (unpaired) electrons. The largest absolute Gasteiger partial charge is 0.351 e. The number of nitrogens with one attached hydrogen (secondary N) is 2. The number of amides is 1. The Morgan fingerprint density at radius 1 is 1.82 bits per heavy atom. The van der Waals surface area contributed by atoms with Crippen molar-refractivity contribution in [1.29, 1.82) is 0 Å². The fourth-order valence-corrected chi connectivity index (χ4v) is 0.647. The van der Waals surface area contributed by atoms with Crippen LogP contribution in [0.15, 0.2) is 12.4 Å². The number of nitrogens with zero attached hydrogens (tertiary/aromatic N) is 1. The molecule has 5 nitrogen and oxygen atoms in total. The van der Waals surface area contributed by atoms with Crippen LogP contribution in [-0.4, -0.2) is 22.6 Å². The van der Waals surface area contributed by atoms with Crippen LogP contribution in [-0.2, 0) is 11.3 Å².